The number of nitrogens with zero attached hydrogens (tertiary/aromatic N) is 2. The predicted molar refractivity (Wildman–Crippen MR) is 73.0 cm³/mol. The molecule has 0 aliphatic carbocycles. The summed E-state index contributed by atoms with van der Waals surface area (Å²) in [6.07, 6.45) is -3.66. The van der Waals surface area contributed by atoms with Crippen LogP contribution in [0, 0.1) is 0 Å². The van der Waals surface area contributed by atoms with Gasteiger partial charge in [-0.25, -0.2) is 4.98 Å². The van der Waals surface area contributed by atoms with Gasteiger partial charge in [0.1, 0.15) is 5.82 Å². The van der Waals surface area contributed by atoms with Crippen LogP contribution in [0.5, 0.6) is 0 Å². The van der Waals surface area contributed by atoms with Gasteiger partial charge in [-0.3, -0.25) is 9.36 Å². The van der Waals surface area contributed by atoms with E-state index in [9.17, 15) is 18.0 Å². The number of benzene rings is 1. The summed E-state index contributed by atoms with van der Waals surface area (Å²) in [7, 11) is 0. The summed E-state index contributed by atoms with van der Waals surface area (Å²) in [6, 6.07) is 9.67. The molecule has 0 radical (unpaired) electrons. The maximum absolute atomic E-state index is 12.7. The Kier molecular flexibility index (Phi) is 4.45. The lowest BCUT2D eigenvalue weighted by atomic mass is 10.2. The molecule has 2 aromatic rings. The van der Waals surface area contributed by atoms with Gasteiger partial charge in [0.2, 0.25) is 0 Å². The second kappa shape index (κ2) is 6.11. The number of hydrogen-bond acceptors (Lipinski definition) is 2. The molecule has 0 amide bonds. The normalized spacial score (nSPS) is 11.6. The topological polar surface area (TPSA) is 34.9 Å². The van der Waals surface area contributed by atoms with Gasteiger partial charge in [0.25, 0.3) is 5.56 Å². The molecule has 112 valence electrons. The Morgan fingerprint density at radius 2 is 1.86 bits per heavy atom. The number of hydrogen-bond donors (Lipinski definition) is 0. The van der Waals surface area contributed by atoms with Crippen LogP contribution in [0.15, 0.2) is 41.2 Å². The zero-order chi connectivity index (χ0) is 15.5. The Bertz CT molecular complexity index is 663. The molecule has 1 aromatic carbocycles. The zero-order valence-electron chi connectivity index (χ0n) is 11.5. The van der Waals surface area contributed by atoms with Gasteiger partial charge in [-0.2, -0.15) is 13.2 Å². The fourth-order valence-electron chi connectivity index (χ4n) is 2.05. The molecule has 0 N–H and O–H groups in total. The van der Waals surface area contributed by atoms with Crippen molar-refractivity contribution in [2.45, 2.75) is 32.5 Å². The summed E-state index contributed by atoms with van der Waals surface area (Å²) < 4.78 is 39.5. The van der Waals surface area contributed by atoms with Crippen molar-refractivity contribution in [1.82, 2.24) is 9.55 Å². The highest BCUT2D eigenvalue weighted by Crippen LogP contribution is 2.26. The largest absolute Gasteiger partial charge is 0.433 e. The first-order valence-electron chi connectivity index (χ1n) is 6.63. The van der Waals surface area contributed by atoms with Crippen molar-refractivity contribution in [3.63, 3.8) is 0 Å². The molecule has 0 bridgehead atoms. The molecular weight excluding hydrogens is 281 g/mol. The van der Waals surface area contributed by atoms with Gasteiger partial charge < -0.3 is 0 Å². The first-order valence-corrected chi connectivity index (χ1v) is 6.63. The highest BCUT2D eigenvalue weighted by molar-refractivity contribution is 5.17. The molecular formula is C15H15F3N2O. The van der Waals surface area contributed by atoms with Crippen molar-refractivity contribution in [1.29, 1.82) is 0 Å². The molecule has 0 saturated heterocycles. The van der Waals surface area contributed by atoms with Gasteiger partial charge in [0.05, 0.1) is 6.54 Å². The summed E-state index contributed by atoms with van der Waals surface area (Å²) in [5.74, 6) is 0.168. The van der Waals surface area contributed by atoms with Gasteiger partial charge in [0.15, 0.2) is 5.69 Å². The minimum Gasteiger partial charge on any atom is -0.292 e. The molecule has 1 heterocycles. The van der Waals surface area contributed by atoms with Crippen molar-refractivity contribution in [3.05, 3.63) is 63.8 Å². The third-order valence-corrected chi connectivity index (χ3v) is 3.03. The fourth-order valence-corrected chi connectivity index (χ4v) is 2.05. The minimum atomic E-state index is -4.60. The van der Waals surface area contributed by atoms with Gasteiger partial charge >= 0.3 is 6.18 Å². The second-order valence-electron chi connectivity index (χ2n) is 4.72. The van der Waals surface area contributed by atoms with E-state index in [0.29, 0.717) is 18.9 Å². The Hall–Kier alpha value is -2.11. The highest BCUT2D eigenvalue weighted by Gasteiger charge is 2.33. The van der Waals surface area contributed by atoms with Crippen LogP contribution < -0.4 is 5.56 Å². The molecule has 2 rings (SSSR count). The Balaban J connectivity index is 2.47. The molecule has 0 unspecified atom stereocenters. The van der Waals surface area contributed by atoms with E-state index >= 15 is 0 Å². The van der Waals surface area contributed by atoms with Gasteiger partial charge in [-0.1, -0.05) is 37.3 Å². The van der Waals surface area contributed by atoms with Crippen LogP contribution in [0.25, 0.3) is 0 Å². The monoisotopic (exact) mass is 296 g/mol. The van der Waals surface area contributed by atoms with E-state index in [4.69, 9.17) is 0 Å². The predicted octanol–water partition coefficient (Wildman–Crippen LogP) is 3.26. The quantitative estimate of drug-likeness (QED) is 0.868. The van der Waals surface area contributed by atoms with E-state index in [1.165, 1.54) is 4.57 Å². The molecule has 1 aromatic heterocycles. The fraction of sp³-hybridized carbons (Fsp3) is 0.333. The summed E-state index contributed by atoms with van der Waals surface area (Å²) in [5, 5.41) is 0. The zero-order valence-corrected chi connectivity index (χ0v) is 11.5. The van der Waals surface area contributed by atoms with Crippen molar-refractivity contribution in [3.8, 4) is 0 Å². The van der Waals surface area contributed by atoms with E-state index < -0.39 is 17.4 Å². The number of rotatable bonds is 4. The lowest BCUT2D eigenvalue weighted by Gasteiger charge is -2.14. The van der Waals surface area contributed by atoms with E-state index in [-0.39, 0.29) is 12.4 Å². The van der Waals surface area contributed by atoms with Crippen molar-refractivity contribution in [2.24, 2.45) is 0 Å². The summed E-state index contributed by atoms with van der Waals surface area (Å²) in [6.45, 7) is 2.05. The van der Waals surface area contributed by atoms with Crippen molar-refractivity contribution < 1.29 is 13.2 Å². The van der Waals surface area contributed by atoms with Crippen LogP contribution in [0.3, 0.4) is 0 Å². The van der Waals surface area contributed by atoms with Gasteiger partial charge in [-0.05, 0) is 12.0 Å². The van der Waals surface area contributed by atoms with Gasteiger partial charge in [-0.15, -0.1) is 0 Å². The molecule has 0 aliphatic heterocycles. The summed E-state index contributed by atoms with van der Waals surface area (Å²) in [5.41, 5.74) is -0.955. The number of aryl methyl sites for hydroxylation is 1. The van der Waals surface area contributed by atoms with Crippen LogP contribution in [0.1, 0.15) is 30.4 Å². The van der Waals surface area contributed by atoms with E-state index in [2.05, 4.69) is 4.98 Å². The molecule has 3 nitrogen and oxygen atoms in total. The molecule has 21 heavy (non-hydrogen) atoms. The van der Waals surface area contributed by atoms with E-state index in [1.807, 2.05) is 37.3 Å². The summed E-state index contributed by atoms with van der Waals surface area (Å²) in [4.78, 5) is 15.6. The van der Waals surface area contributed by atoms with Crippen LogP contribution in [0.4, 0.5) is 13.2 Å². The molecule has 0 fully saturated rings. The molecule has 0 atom stereocenters. The Morgan fingerprint density at radius 1 is 1.19 bits per heavy atom. The number of halogens is 3. The number of alkyl halides is 3. The SMILES string of the molecule is CCCc1nc(C(F)(F)F)cc(=O)n1Cc1ccccc1. The average Bonchev–Trinajstić information content (AvgIpc) is 2.42. The first kappa shape index (κ1) is 15.3. The third kappa shape index (κ3) is 3.71. The first-order chi connectivity index (χ1) is 9.91. The smallest absolute Gasteiger partial charge is 0.292 e. The minimum absolute atomic E-state index is 0.168. The molecule has 0 saturated carbocycles. The summed E-state index contributed by atoms with van der Waals surface area (Å²) >= 11 is 0. The van der Waals surface area contributed by atoms with Crippen LogP contribution in [0.2, 0.25) is 0 Å². The number of aromatic nitrogens is 2. The maximum Gasteiger partial charge on any atom is 0.433 e. The Labute approximate surface area is 120 Å². The highest BCUT2D eigenvalue weighted by atomic mass is 19.4. The lowest BCUT2D eigenvalue weighted by molar-refractivity contribution is -0.141. The molecule has 0 aliphatic rings. The van der Waals surface area contributed by atoms with Crippen LogP contribution in [-0.2, 0) is 19.1 Å². The third-order valence-electron chi connectivity index (χ3n) is 3.03. The van der Waals surface area contributed by atoms with Crippen LogP contribution in [-0.4, -0.2) is 9.55 Å². The van der Waals surface area contributed by atoms with Crippen molar-refractivity contribution in [2.75, 3.05) is 0 Å². The van der Waals surface area contributed by atoms with Gasteiger partial charge in [0, 0.05) is 12.5 Å². The maximum atomic E-state index is 12.7. The van der Waals surface area contributed by atoms with Crippen LogP contribution >= 0.6 is 0 Å². The second-order valence-corrected chi connectivity index (χ2v) is 4.72. The average molecular weight is 296 g/mol. The van der Waals surface area contributed by atoms with Crippen molar-refractivity contribution >= 4 is 0 Å². The molecule has 0 spiro atoms. The van der Waals surface area contributed by atoms with E-state index in [1.54, 1.807) is 0 Å². The lowest BCUT2D eigenvalue weighted by Crippen LogP contribution is -2.28. The van der Waals surface area contributed by atoms with E-state index in [0.717, 1.165) is 5.56 Å². The molecule has 6 heteroatoms. The standard InChI is InChI=1S/C15H15F3N2O/c1-2-6-13-19-12(15(16,17)18)9-14(21)20(13)10-11-7-4-3-5-8-11/h3-5,7-9H,2,6,10H2,1H3. The Morgan fingerprint density at radius 3 is 2.43 bits per heavy atom.